The van der Waals surface area contributed by atoms with Crippen molar-refractivity contribution in [1.82, 2.24) is 0 Å². The van der Waals surface area contributed by atoms with Crippen LogP contribution in [-0.2, 0) is 5.41 Å². The fraction of sp³-hybridized carbons (Fsp3) is 0.160. The molecule has 0 heterocycles. The van der Waals surface area contributed by atoms with Crippen LogP contribution >= 0.6 is 0 Å². The highest BCUT2D eigenvalue weighted by molar-refractivity contribution is 6.11. The van der Waals surface area contributed by atoms with Crippen molar-refractivity contribution in [3.8, 4) is 5.75 Å². The lowest BCUT2D eigenvalue weighted by atomic mass is 9.85. The van der Waals surface area contributed by atoms with Crippen LogP contribution in [0.15, 0.2) is 77.8 Å². The number of phenolic OH excluding ortho intramolecular Hbond substituents is 1. The van der Waals surface area contributed by atoms with Gasteiger partial charge in [0, 0.05) is 22.6 Å². The second-order valence-corrected chi connectivity index (χ2v) is 7.92. The van der Waals surface area contributed by atoms with Crippen molar-refractivity contribution in [3.05, 3.63) is 83.9 Å². The van der Waals surface area contributed by atoms with Gasteiger partial charge in [0.1, 0.15) is 5.75 Å². The van der Waals surface area contributed by atoms with Gasteiger partial charge in [0.25, 0.3) is 0 Å². The normalized spacial score (nSPS) is 12.3. The quantitative estimate of drug-likeness (QED) is 0.314. The SMILES string of the molecule is CC(C)(C)c1cccc(C=Nc2c3ccccc3cc3ccccc23)c1O. The molecule has 0 saturated heterocycles. The molecule has 4 aromatic carbocycles. The predicted molar refractivity (Wildman–Crippen MR) is 116 cm³/mol. The molecule has 0 spiro atoms. The van der Waals surface area contributed by atoms with Gasteiger partial charge in [-0.15, -0.1) is 0 Å². The van der Waals surface area contributed by atoms with E-state index in [1.54, 1.807) is 6.21 Å². The number of benzene rings is 4. The summed E-state index contributed by atoms with van der Waals surface area (Å²) in [7, 11) is 0. The maximum absolute atomic E-state index is 10.7. The van der Waals surface area contributed by atoms with Crippen LogP contribution in [0.4, 0.5) is 5.69 Å². The Morgan fingerprint density at radius 3 is 1.96 bits per heavy atom. The van der Waals surface area contributed by atoms with Crippen LogP contribution in [0.3, 0.4) is 0 Å². The monoisotopic (exact) mass is 353 g/mol. The van der Waals surface area contributed by atoms with E-state index in [1.807, 2.05) is 42.5 Å². The van der Waals surface area contributed by atoms with E-state index < -0.39 is 0 Å². The number of aromatic hydroxyl groups is 1. The summed E-state index contributed by atoms with van der Waals surface area (Å²) in [6, 6.07) is 24.6. The Morgan fingerprint density at radius 1 is 0.778 bits per heavy atom. The van der Waals surface area contributed by atoms with Crippen LogP contribution < -0.4 is 0 Å². The van der Waals surface area contributed by atoms with E-state index in [0.29, 0.717) is 5.75 Å². The molecule has 2 nitrogen and oxygen atoms in total. The van der Waals surface area contributed by atoms with E-state index >= 15 is 0 Å². The first-order valence-corrected chi connectivity index (χ1v) is 9.22. The molecular weight excluding hydrogens is 330 g/mol. The van der Waals surface area contributed by atoms with Crippen LogP contribution in [0.2, 0.25) is 0 Å². The fourth-order valence-corrected chi connectivity index (χ4v) is 3.53. The summed E-state index contributed by atoms with van der Waals surface area (Å²) in [5.41, 5.74) is 2.47. The third-order valence-electron chi connectivity index (χ3n) is 4.95. The van der Waals surface area contributed by atoms with E-state index in [-0.39, 0.29) is 5.41 Å². The average molecular weight is 353 g/mol. The highest BCUT2D eigenvalue weighted by Gasteiger charge is 2.19. The Labute approximate surface area is 159 Å². The predicted octanol–water partition coefficient (Wildman–Crippen LogP) is 6.75. The molecule has 0 amide bonds. The third-order valence-corrected chi connectivity index (χ3v) is 4.95. The first-order valence-electron chi connectivity index (χ1n) is 9.22. The Bertz CT molecular complexity index is 1110. The maximum Gasteiger partial charge on any atom is 0.128 e. The van der Waals surface area contributed by atoms with Gasteiger partial charge in [-0.05, 0) is 33.9 Å². The van der Waals surface area contributed by atoms with Gasteiger partial charge >= 0.3 is 0 Å². The third kappa shape index (κ3) is 3.19. The molecule has 134 valence electrons. The van der Waals surface area contributed by atoms with E-state index in [4.69, 9.17) is 4.99 Å². The van der Waals surface area contributed by atoms with Crippen molar-refractivity contribution in [2.75, 3.05) is 0 Å². The lowest BCUT2D eigenvalue weighted by Crippen LogP contribution is -2.11. The lowest BCUT2D eigenvalue weighted by Gasteiger charge is -2.21. The largest absolute Gasteiger partial charge is 0.507 e. The number of nitrogens with zero attached hydrogens (tertiary/aromatic N) is 1. The van der Waals surface area contributed by atoms with Gasteiger partial charge in [-0.1, -0.05) is 81.4 Å². The molecule has 0 unspecified atom stereocenters. The number of hydrogen-bond donors (Lipinski definition) is 1. The Kier molecular flexibility index (Phi) is 4.19. The molecule has 4 rings (SSSR count). The number of fused-ring (bicyclic) bond motifs is 2. The minimum atomic E-state index is -0.125. The van der Waals surface area contributed by atoms with Gasteiger partial charge in [-0.3, -0.25) is 4.99 Å². The molecule has 2 heteroatoms. The molecule has 0 saturated carbocycles. The standard InChI is InChI=1S/C25H23NO/c1-25(2,3)22-14-8-11-19(24(22)27)16-26-23-20-12-6-4-9-17(20)15-18-10-5-7-13-21(18)23/h4-16,27H,1-3H3. The van der Waals surface area contributed by atoms with Crippen molar-refractivity contribution in [2.45, 2.75) is 26.2 Å². The summed E-state index contributed by atoms with van der Waals surface area (Å²) >= 11 is 0. The minimum Gasteiger partial charge on any atom is -0.507 e. The van der Waals surface area contributed by atoms with Gasteiger partial charge in [0.05, 0.1) is 5.69 Å². The molecule has 0 aliphatic carbocycles. The van der Waals surface area contributed by atoms with Gasteiger partial charge in [-0.2, -0.15) is 0 Å². The Morgan fingerprint density at radius 2 is 1.37 bits per heavy atom. The van der Waals surface area contributed by atoms with Gasteiger partial charge < -0.3 is 5.11 Å². The molecule has 0 bridgehead atoms. The summed E-state index contributed by atoms with van der Waals surface area (Å²) < 4.78 is 0. The highest BCUT2D eigenvalue weighted by atomic mass is 16.3. The molecule has 27 heavy (non-hydrogen) atoms. The van der Waals surface area contributed by atoms with Gasteiger partial charge in [-0.25, -0.2) is 0 Å². The molecule has 0 radical (unpaired) electrons. The molecule has 0 aliphatic heterocycles. The zero-order valence-electron chi connectivity index (χ0n) is 15.9. The van der Waals surface area contributed by atoms with E-state index in [0.717, 1.165) is 38.4 Å². The number of rotatable bonds is 2. The van der Waals surface area contributed by atoms with E-state index in [2.05, 4.69) is 51.1 Å². The Balaban J connectivity index is 1.91. The smallest absolute Gasteiger partial charge is 0.128 e. The highest BCUT2D eigenvalue weighted by Crippen LogP contribution is 2.36. The van der Waals surface area contributed by atoms with Crippen LogP contribution in [0.1, 0.15) is 31.9 Å². The Hall–Kier alpha value is -3.13. The number of aliphatic imine (C=N–C) groups is 1. The summed E-state index contributed by atoms with van der Waals surface area (Å²) in [6.45, 7) is 6.30. The molecule has 1 N–H and O–H groups in total. The van der Waals surface area contributed by atoms with Crippen LogP contribution in [0.5, 0.6) is 5.75 Å². The first kappa shape index (κ1) is 17.3. The first-order chi connectivity index (χ1) is 12.9. The molecular formula is C25H23NO. The van der Waals surface area contributed by atoms with Gasteiger partial charge in [0.15, 0.2) is 0 Å². The topological polar surface area (TPSA) is 32.6 Å². The second kappa shape index (κ2) is 6.55. The molecule has 0 fully saturated rings. The fourth-order valence-electron chi connectivity index (χ4n) is 3.53. The average Bonchev–Trinajstić information content (AvgIpc) is 2.65. The van der Waals surface area contributed by atoms with Crippen molar-refractivity contribution >= 4 is 33.4 Å². The number of hydrogen-bond acceptors (Lipinski definition) is 2. The van der Waals surface area contributed by atoms with E-state index in [9.17, 15) is 5.11 Å². The summed E-state index contributed by atoms with van der Waals surface area (Å²) in [5, 5.41) is 15.3. The van der Waals surface area contributed by atoms with Crippen molar-refractivity contribution in [2.24, 2.45) is 4.99 Å². The lowest BCUT2D eigenvalue weighted by molar-refractivity contribution is 0.446. The zero-order valence-corrected chi connectivity index (χ0v) is 15.9. The van der Waals surface area contributed by atoms with Crippen LogP contribution in [0.25, 0.3) is 21.5 Å². The molecule has 0 aliphatic rings. The summed E-state index contributed by atoms with van der Waals surface area (Å²) in [6.07, 6.45) is 1.78. The minimum absolute atomic E-state index is 0.125. The van der Waals surface area contributed by atoms with Crippen molar-refractivity contribution in [3.63, 3.8) is 0 Å². The van der Waals surface area contributed by atoms with Crippen LogP contribution in [-0.4, -0.2) is 11.3 Å². The zero-order chi connectivity index (χ0) is 19.0. The number of para-hydroxylation sites is 1. The summed E-state index contributed by atoms with van der Waals surface area (Å²) in [4.78, 5) is 4.83. The summed E-state index contributed by atoms with van der Waals surface area (Å²) in [5.74, 6) is 0.304. The molecule has 0 atom stereocenters. The maximum atomic E-state index is 10.7. The number of phenols is 1. The van der Waals surface area contributed by atoms with Gasteiger partial charge in [0.2, 0.25) is 0 Å². The van der Waals surface area contributed by atoms with E-state index in [1.165, 1.54) is 0 Å². The second-order valence-electron chi connectivity index (χ2n) is 7.92. The van der Waals surface area contributed by atoms with Crippen molar-refractivity contribution < 1.29 is 5.11 Å². The molecule has 4 aromatic rings. The molecule has 0 aromatic heterocycles. The van der Waals surface area contributed by atoms with Crippen molar-refractivity contribution in [1.29, 1.82) is 0 Å². The van der Waals surface area contributed by atoms with Crippen LogP contribution in [0, 0.1) is 0 Å².